The topological polar surface area (TPSA) is 60.9 Å². The van der Waals surface area contributed by atoms with Gasteiger partial charge in [-0.15, -0.1) is 0 Å². The van der Waals surface area contributed by atoms with Crippen molar-refractivity contribution in [2.24, 2.45) is 0 Å². The van der Waals surface area contributed by atoms with E-state index in [2.05, 4.69) is 0 Å². The van der Waals surface area contributed by atoms with Crippen molar-refractivity contribution in [3.8, 4) is 0 Å². The standard InChI is InChI=1S/C21H20ClN3O3/c1-23-19(26)12-24(21(23)28)13-20(27)25-11-16-9-17(22)8-7-15(16)10-18(25)14-5-3-2-4-6-14/h2-9,18H,10-13H2,1H3. The fraction of sp³-hybridized carbons (Fsp3) is 0.286. The van der Waals surface area contributed by atoms with Gasteiger partial charge in [-0.3, -0.25) is 14.5 Å². The van der Waals surface area contributed by atoms with Crippen LogP contribution >= 0.6 is 11.6 Å². The molecule has 2 aromatic carbocycles. The zero-order chi connectivity index (χ0) is 19.8. The van der Waals surface area contributed by atoms with E-state index < -0.39 is 6.03 Å². The van der Waals surface area contributed by atoms with Gasteiger partial charge >= 0.3 is 6.03 Å². The van der Waals surface area contributed by atoms with E-state index >= 15 is 0 Å². The molecule has 0 spiro atoms. The van der Waals surface area contributed by atoms with Gasteiger partial charge in [0.2, 0.25) is 11.8 Å². The van der Waals surface area contributed by atoms with E-state index in [-0.39, 0.29) is 30.9 Å². The van der Waals surface area contributed by atoms with Crippen molar-refractivity contribution in [3.63, 3.8) is 0 Å². The molecule has 4 rings (SSSR count). The molecule has 2 aliphatic heterocycles. The molecule has 0 N–H and O–H groups in total. The minimum atomic E-state index is -0.435. The molecule has 144 valence electrons. The van der Waals surface area contributed by atoms with Crippen LogP contribution in [-0.4, -0.2) is 52.7 Å². The molecular weight excluding hydrogens is 378 g/mol. The number of likely N-dealkylation sites (N-methyl/N-ethyl adjacent to an activating group) is 1. The van der Waals surface area contributed by atoms with Crippen molar-refractivity contribution < 1.29 is 14.4 Å². The van der Waals surface area contributed by atoms with Gasteiger partial charge in [-0.05, 0) is 35.2 Å². The molecule has 1 atom stereocenters. The molecule has 2 aromatic rings. The second-order valence-electron chi connectivity index (χ2n) is 7.16. The van der Waals surface area contributed by atoms with Gasteiger partial charge in [0.15, 0.2) is 0 Å². The van der Waals surface area contributed by atoms with Crippen LogP contribution in [0.4, 0.5) is 4.79 Å². The van der Waals surface area contributed by atoms with Gasteiger partial charge in [0.1, 0.15) is 13.1 Å². The molecule has 0 saturated carbocycles. The van der Waals surface area contributed by atoms with Crippen LogP contribution in [0.25, 0.3) is 0 Å². The first kappa shape index (κ1) is 18.5. The Bertz CT molecular complexity index is 947. The lowest BCUT2D eigenvalue weighted by molar-refractivity contribution is -0.135. The van der Waals surface area contributed by atoms with Gasteiger partial charge in [0, 0.05) is 18.6 Å². The zero-order valence-electron chi connectivity index (χ0n) is 15.5. The lowest BCUT2D eigenvalue weighted by atomic mass is 9.90. The molecule has 2 heterocycles. The number of rotatable bonds is 3. The summed E-state index contributed by atoms with van der Waals surface area (Å²) in [4.78, 5) is 41.2. The highest BCUT2D eigenvalue weighted by Crippen LogP contribution is 2.34. The number of carbonyl (C=O) groups is 3. The number of urea groups is 1. The Kier molecular flexibility index (Phi) is 4.81. The molecule has 0 radical (unpaired) electrons. The van der Waals surface area contributed by atoms with Gasteiger partial charge in [0.25, 0.3) is 0 Å². The maximum atomic E-state index is 13.2. The number of hydrogen-bond donors (Lipinski definition) is 0. The predicted octanol–water partition coefficient (Wildman–Crippen LogP) is 2.86. The van der Waals surface area contributed by atoms with Gasteiger partial charge < -0.3 is 9.80 Å². The summed E-state index contributed by atoms with van der Waals surface area (Å²) in [5.41, 5.74) is 3.21. The van der Waals surface area contributed by atoms with E-state index in [0.29, 0.717) is 18.0 Å². The first-order valence-corrected chi connectivity index (χ1v) is 9.49. The third-order valence-corrected chi connectivity index (χ3v) is 5.62. The number of nitrogens with zero attached hydrogens (tertiary/aromatic N) is 3. The highest BCUT2D eigenvalue weighted by molar-refractivity contribution is 6.30. The van der Waals surface area contributed by atoms with Crippen molar-refractivity contribution in [1.82, 2.24) is 14.7 Å². The molecule has 0 aliphatic carbocycles. The summed E-state index contributed by atoms with van der Waals surface area (Å²) in [5, 5.41) is 0.631. The highest BCUT2D eigenvalue weighted by atomic mass is 35.5. The van der Waals surface area contributed by atoms with Gasteiger partial charge in [0.05, 0.1) is 6.04 Å². The molecule has 4 amide bonds. The Labute approximate surface area is 168 Å². The summed E-state index contributed by atoms with van der Waals surface area (Å²) in [5.74, 6) is -0.482. The van der Waals surface area contributed by atoms with E-state index in [4.69, 9.17) is 11.6 Å². The summed E-state index contributed by atoms with van der Waals surface area (Å²) in [6, 6.07) is 15.0. The molecule has 1 unspecified atom stereocenters. The minimum absolute atomic E-state index is 0.0622. The van der Waals surface area contributed by atoms with Crippen LogP contribution in [0.15, 0.2) is 48.5 Å². The van der Waals surface area contributed by atoms with E-state index in [0.717, 1.165) is 21.6 Å². The normalized spacial score (nSPS) is 19.2. The first-order chi connectivity index (χ1) is 13.4. The van der Waals surface area contributed by atoms with Crippen LogP contribution in [0.5, 0.6) is 0 Å². The highest BCUT2D eigenvalue weighted by Gasteiger charge is 2.37. The molecule has 0 aromatic heterocycles. The molecule has 2 aliphatic rings. The number of fused-ring (bicyclic) bond motifs is 1. The summed E-state index contributed by atoms with van der Waals surface area (Å²) >= 11 is 6.15. The number of benzene rings is 2. The number of amides is 4. The van der Waals surface area contributed by atoms with Crippen molar-refractivity contribution in [3.05, 3.63) is 70.2 Å². The maximum absolute atomic E-state index is 13.2. The van der Waals surface area contributed by atoms with Gasteiger partial charge in [-0.2, -0.15) is 0 Å². The van der Waals surface area contributed by atoms with E-state index in [1.807, 2.05) is 48.5 Å². The number of imide groups is 1. The fourth-order valence-electron chi connectivity index (χ4n) is 3.82. The van der Waals surface area contributed by atoms with Crippen molar-refractivity contribution in [1.29, 1.82) is 0 Å². The smallest absolute Gasteiger partial charge is 0.327 e. The summed E-state index contributed by atoms with van der Waals surface area (Å²) in [7, 11) is 1.43. The summed E-state index contributed by atoms with van der Waals surface area (Å²) in [6.45, 7) is 0.238. The van der Waals surface area contributed by atoms with Crippen LogP contribution in [0.3, 0.4) is 0 Å². The minimum Gasteiger partial charge on any atom is -0.329 e. The largest absolute Gasteiger partial charge is 0.329 e. The number of carbonyl (C=O) groups excluding carboxylic acids is 3. The monoisotopic (exact) mass is 397 g/mol. The number of halogens is 1. The molecular formula is C21H20ClN3O3. The Morgan fingerprint density at radius 3 is 2.50 bits per heavy atom. The lowest BCUT2D eigenvalue weighted by Gasteiger charge is -2.38. The Balaban J connectivity index is 1.63. The Hall–Kier alpha value is -2.86. The van der Waals surface area contributed by atoms with Crippen molar-refractivity contribution in [2.45, 2.75) is 19.0 Å². The van der Waals surface area contributed by atoms with Gasteiger partial charge in [-0.25, -0.2) is 4.79 Å². The first-order valence-electron chi connectivity index (χ1n) is 9.11. The second kappa shape index (κ2) is 7.28. The third-order valence-electron chi connectivity index (χ3n) is 5.39. The maximum Gasteiger partial charge on any atom is 0.327 e. The number of hydrogen-bond acceptors (Lipinski definition) is 3. The van der Waals surface area contributed by atoms with Crippen LogP contribution in [0, 0.1) is 0 Å². The summed E-state index contributed by atoms with van der Waals surface area (Å²) < 4.78 is 0. The molecule has 1 fully saturated rings. The van der Waals surface area contributed by atoms with Crippen molar-refractivity contribution in [2.75, 3.05) is 20.1 Å². The molecule has 1 saturated heterocycles. The quantitative estimate of drug-likeness (QED) is 0.748. The van der Waals surface area contributed by atoms with Crippen molar-refractivity contribution >= 4 is 29.4 Å². The Morgan fingerprint density at radius 2 is 1.82 bits per heavy atom. The molecule has 7 heteroatoms. The Morgan fingerprint density at radius 1 is 1.07 bits per heavy atom. The molecule has 28 heavy (non-hydrogen) atoms. The van der Waals surface area contributed by atoms with E-state index in [9.17, 15) is 14.4 Å². The van der Waals surface area contributed by atoms with Gasteiger partial charge in [-0.1, -0.05) is 48.0 Å². The van der Waals surface area contributed by atoms with Crippen LogP contribution in [-0.2, 0) is 22.6 Å². The predicted molar refractivity (Wildman–Crippen MR) is 105 cm³/mol. The average molecular weight is 398 g/mol. The second-order valence-corrected chi connectivity index (χ2v) is 7.59. The van der Waals surface area contributed by atoms with Crippen LogP contribution in [0.1, 0.15) is 22.7 Å². The fourth-order valence-corrected chi connectivity index (χ4v) is 4.02. The van der Waals surface area contributed by atoms with E-state index in [1.54, 1.807) is 4.90 Å². The van der Waals surface area contributed by atoms with Crippen LogP contribution in [0.2, 0.25) is 5.02 Å². The summed E-state index contributed by atoms with van der Waals surface area (Å²) in [6.07, 6.45) is 0.676. The SMILES string of the molecule is CN1C(=O)CN(CC(=O)N2Cc3cc(Cl)ccc3CC2c2ccccc2)C1=O. The third kappa shape index (κ3) is 3.36. The zero-order valence-corrected chi connectivity index (χ0v) is 16.2. The molecule has 6 nitrogen and oxygen atoms in total. The lowest BCUT2D eigenvalue weighted by Crippen LogP contribution is -2.45. The molecule has 0 bridgehead atoms. The van der Waals surface area contributed by atoms with E-state index in [1.165, 1.54) is 11.9 Å². The van der Waals surface area contributed by atoms with Crippen LogP contribution < -0.4 is 0 Å². The average Bonchev–Trinajstić information content (AvgIpc) is 2.94.